The molecule has 0 fully saturated rings. The van der Waals surface area contributed by atoms with E-state index in [1.54, 1.807) is 0 Å². The number of H-pyrrole nitrogens is 1. The number of nitrogen functional groups attached to an aromatic ring is 1. The van der Waals surface area contributed by atoms with Crippen molar-refractivity contribution in [1.82, 2.24) is 10.2 Å². The molecule has 0 aliphatic rings. The number of halogens is 1. The number of hydrogen-bond donors (Lipinski definition) is 3. The smallest absolute Gasteiger partial charge is 0.273 e. The summed E-state index contributed by atoms with van der Waals surface area (Å²) >= 11 is 3.42. The number of nitrogens with two attached hydrogens (primary N) is 1. The fourth-order valence-electron chi connectivity index (χ4n) is 1.39. The molecule has 1 amide bonds. The summed E-state index contributed by atoms with van der Waals surface area (Å²) in [4.78, 5) is 11.8. The molecule has 17 heavy (non-hydrogen) atoms. The van der Waals surface area contributed by atoms with Crippen molar-refractivity contribution in [1.29, 1.82) is 0 Å². The maximum Gasteiger partial charge on any atom is 0.273 e. The maximum atomic E-state index is 11.8. The van der Waals surface area contributed by atoms with E-state index in [1.165, 1.54) is 6.07 Å². The Bertz CT molecular complexity index is 564. The lowest BCUT2D eigenvalue weighted by Gasteiger charge is -2.07. The number of rotatable bonds is 2. The molecule has 0 atom stereocenters. The lowest BCUT2D eigenvalue weighted by Crippen LogP contribution is -2.12. The van der Waals surface area contributed by atoms with Crippen LogP contribution < -0.4 is 11.1 Å². The van der Waals surface area contributed by atoms with Crippen molar-refractivity contribution < 1.29 is 4.79 Å². The second kappa shape index (κ2) is 4.58. The molecule has 0 aliphatic carbocycles. The summed E-state index contributed by atoms with van der Waals surface area (Å²) in [7, 11) is 0. The van der Waals surface area contributed by atoms with Crippen molar-refractivity contribution in [2.24, 2.45) is 0 Å². The highest BCUT2D eigenvalue weighted by molar-refractivity contribution is 9.10. The third-order valence-corrected chi connectivity index (χ3v) is 3.33. The molecule has 1 heterocycles. The maximum absolute atomic E-state index is 11.8. The van der Waals surface area contributed by atoms with Gasteiger partial charge in [-0.2, -0.15) is 5.10 Å². The van der Waals surface area contributed by atoms with E-state index in [0.717, 1.165) is 10.0 Å². The topological polar surface area (TPSA) is 83.8 Å². The molecule has 4 N–H and O–H groups in total. The molecule has 5 nitrogen and oxygen atoms in total. The number of carbonyl (C=O) groups excluding carboxylic acids is 1. The Morgan fingerprint density at radius 1 is 1.53 bits per heavy atom. The summed E-state index contributed by atoms with van der Waals surface area (Å²) in [6.45, 7) is 1.95. The summed E-state index contributed by atoms with van der Waals surface area (Å²) in [5.41, 5.74) is 7.52. The minimum atomic E-state index is -0.277. The van der Waals surface area contributed by atoms with Crippen LogP contribution in [0.3, 0.4) is 0 Å². The summed E-state index contributed by atoms with van der Waals surface area (Å²) < 4.78 is 0.862. The number of carbonyl (C=O) groups is 1. The molecule has 6 heteroatoms. The normalized spacial score (nSPS) is 10.2. The molecule has 0 aliphatic heterocycles. The first-order chi connectivity index (χ1) is 8.08. The summed E-state index contributed by atoms with van der Waals surface area (Å²) in [6, 6.07) is 7.12. The fourth-order valence-corrected chi connectivity index (χ4v) is 1.75. The third kappa shape index (κ3) is 2.47. The monoisotopic (exact) mass is 294 g/mol. The third-order valence-electron chi connectivity index (χ3n) is 2.28. The number of anilines is 2. The van der Waals surface area contributed by atoms with Gasteiger partial charge in [-0.3, -0.25) is 9.89 Å². The molecule has 0 unspecified atom stereocenters. The minimum Gasteiger partial charge on any atom is -0.382 e. The molecule has 1 aromatic carbocycles. The van der Waals surface area contributed by atoms with Gasteiger partial charge < -0.3 is 11.1 Å². The molecule has 2 aromatic rings. The predicted molar refractivity (Wildman–Crippen MR) is 69.8 cm³/mol. The molecule has 88 valence electrons. The van der Waals surface area contributed by atoms with Crippen LogP contribution in [0.1, 0.15) is 16.1 Å². The van der Waals surface area contributed by atoms with E-state index >= 15 is 0 Å². The van der Waals surface area contributed by atoms with Gasteiger partial charge in [0.2, 0.25) is 0 Å². The highest BCUT2D eigenvalue weighted by Gasteiger charge is 2.11. The second-order valence-electron chi connectivity index (χ2n) is 3.60. The molecule has 0 radical (unpaired) electrons. The zero-order valence-electron chi connectivity index (χ0n) is 9.12. The van der Waals surface area contributed by atoms with Gasteiger partial charge in [-0.05, 0) is 34.5 Å². The number of benzene rings is 1. The van der Waals surface area contributed by atoms with Crippen LogP contribution in [0.2, 0.25) is 0 Å². The van der Waals surface area contributed by atoms with E-state index in [-0.39, 0.29) is 5.91 Å². The molecule has 2 rings (SSSR count). The van der Waals surface area contributed by atoms with E-state index in [2.05, 4.69) is 31.4 Å². The van der Waals surface area contributed by atoms with Crippen molar-refractivity contribution in [3.63, 3.8) is 0 Å². The van der Waals surface area contributed by atoms with Crippen molar-refractivity contribution in [3.05, 3.63) is 40.0 Å². The average Bonchev–Trinajstić information content (AvgIpc) is 2.72. The van der Waals surface area contributed by atoms with Crippen molar-refractivity contribution in [3.8, 4) is 0 Å². The first kappa shape index (κ1) is 11.7. The van der Waals surface area contributed by atoms with Crippen LogP contribution in [-0.2, 0) is 0 Å². The Kier molecular flexibility index (Phi) is 3.14. The number of aromatic nitrogens is 2. The second-order valence-corrected chi connectivity index (χ2v) is 4.39. The van der Waals surface area contributed by atoms with Gasteiger partial charge in [-0.15, -0.1) is 0 Å². The van der Waals surface area contributed by atoms with Gasteiger partial charge in [-0.25, -0.2) is 0 Å². The minimum absolute atomic E-state index is 0.277. The number of aromatic amines is 1. The van der Waals surface area contributed by atoms with Crippen molar-refractivity contribution in [2.45, 2.75) is 6.92 Å². The first-order valence-electron chi connectivity index (χ1n) is 4.95. The van der Waals surface area contributed by atoms with E-state index in [0.29, 0.717) is 17.2 Å². The van der Waals surface area contributed by atoms with Crippen molar-refractivity contribution >= 4 is 33.3 Å². The molecule has 0 saturated heterocycles. The van der Waals surface area contributed by atoms with Crippen LogP contribution in [0.15, 0.2) is 28.7 Å². The zero-order chi connectivity index (χ0) is 12.4. The van der Waals surface area contributed by atoms with E-state index in [1.807, 2.05) is 25.1 Å². The van der Waals surface area contributed by atoms with E-state index in [9.17, 15) is 4.79 Å². The summed E-state index contributed by atoms with van der Waals surface area (Å²) in [6.07, 6.45) is 0. The Labute approximate surface area is 107 Å². The van der Waals surface area contributed by atoms with Crippen molar-refractivity contribution in [2.75, 3.05) is 11.1 Å². The van der Waals surface area contributed by atoms with Gasteiger partial charge in [0.05, 0.1) is 5.69 Å². The quantitative estimate of drug-likeness (QED) is 0.795. The number of amides is 1. The highest BCUT2D eigenvalue weighted by Crippen LogP contribution is 2.26. The first-order valence-corrected chi connectivity index (χ1v) is 5.74. The lowest BCUT2D eigenvalue weighted by molar-refractivity contribution is 0.102. The summed E-state index contributed by atoms with van der Waals surface area (Å²) in [5, 5.41) is 9.02. The molecule has 0 saturated carbocycles. The van der Waals surface area contributed by atoms with E-state index < -0.39 is 0 Å². The average molecular weight is 295 g/mol. The fraction of sp³-hybridized carbons (Fsp3) is 0.0909. The van der Waals surface area contributed by atoms with E-state index in [4.69, 9.17) is 5.73 Å². The number of aryl methyl sites for hydroxylation is 1. The lowest BCUT2D eigenvalue weighted by atomic mass is 10.2. The van der Waals surface area contributed by atoms with Crippen LogP contribution in [0, 0.1) is 6.92 Å². The molecular formula is C11H11BrN4O. The van der Waals surface area contributed by atoms with Gasteiger partial charge in [-0.1, -0.05) is 12.1 Å². The highest BCUT2D eigenvalue weighted by atomic mass is 79.9. The molecule has 0 bridgehead atoms. The standard InChI is InChI=1S/C11H11BrN4O/c1-6-3-2-4-7(10(6)12)14-11(17)8-5-9(13)16-15-8/h2-5H,1H3,(H,14,17)(H3,13,15,16). The van der Waals surface area contributed by atoms with Crippen LogP contribution in [0.4, 0.5) is 11.5 Å². The molecule has 0 spiro atoms. The largest absolute Gasteiger partial charge is 0.382 e. The Balaban J connectivity index is 2.21. The van der Waals surface area contributed by atoms with Gasteiger partial charge in [0, 0.05) is 10.5 Å². The summed E-state index contributed by atoms with van der Waals surface area (Å²) in [5.74, 6) is 0.0129. The van der Waals surface area contributed by atoms with Gasteiger partial charge in [0.15, 0.2) is 0 Å². The number of nitrogens with zero attached hydrogens (tertiary/aromatic N) is 1. The predicted octanol–water partition coefficient (Wildman–Crippen LogP) is 2.32. The van der Waals surface area contributed by atoms with Crippen LogP contribution in [0.25, 0.3) is 0 Å². The Morgan fingerprint density at radius 3 is 2.94 bits per heavy atom. The Hall–Kier alpha value is -1.82. The van der Waals surface area contributed by atoms with Crippen LogP contribution >= 0.6 is 15.9 Å². The zero-order valence-corrected chi connectivity index (χ0v) is 10.7. The molecular weight excluding hydrogens is 284 g/mol. The van der Waals surface area contributed by atoms with Crippen LogP contribution in [0.5, 0.6) is 0 Å². The number of hydrogen-bond acceptors (Lipinski definition) is 3. The van der Waals surface area contributed by atoms with Gasteiger partial charge in [0.25, 0.3) is 5.91 Å². The SMILES string of the molecule is Cc1cccc(NC(=O)c2cc(N)n[nH]2)c1Br. The molecule has 1 aromatic heterocycles. The van der Waals surface area contributed by atoms with Crippen LogP contribution in [-0.4, -0.2) is 16.1 Å². The number of nitrogens with one attached hydrogen (secondary N) is 2. The Morgan fingerprint density at radius 2 is 2.29 bits per heavy atom. The van der Waals surface area contributed by atoms with Gasteiger partial charge in [0.1, 0.15) is 11.5 Å². The van der Waals surface area contributed by atoms with Gasteiger partial charge >= 0.3 is 0 Å².